The Hall–Kier alpha value is -6.06. The van der Waals surface area contributed by atoms with E-state index in [4.69, 9.17) is 0 Å². The lowest BCUT2D eigenvalue weighted by atomic mass is 9.95. The van der Waals surface area contributed by atoms with E-state index in [1.165, 1.54) is 34.6 Å². The van der Waals surface area contributed by atoms with Crippen LogP contribution in [-0.2, 0) is 49.9 Å². The molecule has 1 saturated carbocycles. The number of alkyl halides is 3. The minimum Gasteiger partial charge on any atom is -0.348 e. The molecule has 1 spiro atoms. The maximum Gasteiger partial charge on any atom is 0.435 e. The van der Waals surface area contributed by atoms with Crippen molar-refractivity contribution in [2.75, 3.05) is 6.54 Å². The van der Waals surface area contributed by atoms with E-state index in [1.807, 2.05) is 25.4 Å². The molecule has 1 saturated heterocycles. The molecule has 5 aromatic heterocycles. The highest BCUT2D eigenvalue weighted by Crippen LogP contribution is 2.65. The number of carbonyl (C=O) groups is 2. The molecule has 13 nitrogen and oxygen atoms in total. The summed E-state index contributed by atoms with van der Waals surface area (Å²) in [6, 6.07) is 13.0. The van der Waals surface area contributed by atoms with Gasteiger partial charge in [0.1, 0.15) is 6.04 Å². The van der Waals surface area contributed by atoms with Crippen LogP contribution >= 0.6 is 0 Å². The number of nitrogens with one attached hydrogen (secondary N) is 1. The molecular formula is C40H41F3N10O3. The number of likely N-dealkylation sites (tertiary alicyclic amines) is 1. The van der Waals surface area contributed by atoms with Crippen LogP contribution in [0.4, 0.5) is 13.2 Å². The second kappa shape index (κ2) is 13.3. The SMILES string of the molecule is Cn1cc(C[C@H](C(=O)NC(C)(C)Cn2nc(C(F)(F)F)cc2-c2ccc(=O)n(C)c2)N2CC[C@@]3(C[C@@H]3c3ccc(-c4cnc5nn(C)cc5c4)cc3)C2=O)cn1. The third-order valence-corrected chi connectivity index (χ3v) is 11.0. The highest BCUT2D eigenvalue weighted by Gasteiger charge is 2.65. The molecule has 1 aliphatic heterocycles. The van der Waals surface area contributed by atoms with Crippen LogP contribution < -0.4 is 10.9 Å². The van der Waals surface area contributed by atoms with Crippen molar-refractivity contribution < 1.29 is 22.8 Å². The molecule has 56 heavy (non-hydrogen) atoms. The maximum atomic E-state index is 14.4. The van der Waals surface area contributed by atoms with Crippen molar-refractivity contribution >= 4 is 22.8 Å². The predicted molar refractivity (Wildman–Crippen MR) is 201 cm³/mol. The molecule has 2 aliphatic rings. The first-order chi connectivity index (χ1) is 26.5. The van der Waals surface area contributed by atoms with Crippen LogP contribution in [0.2, 0.25) is 0 Å². The number of halogens is 3. The Morgan fingerprint density at radius 3 is 2.38 bits per heavy atom. The van der Waals surface area contributed by atoms with Crippen LogP contribution in [0, 0.1) is 5.41 Å². The molecule has 8 rings (SSSR count). The van der Waals surface area contributed by atoms with E-state index in [1.54, 1.807) is 53.7 Å². The molecular weight excluding hydrogens is 726 g/mol. The van der Waals surface area contributed by atoms with Crippen LogP contribution in [0.15, 0.2) is 84.3 Å². The number of nitrogens with zero attached hydrogens (tertiary/aromatic N) is 9. The van der Waals surface area contributed by atoms with E-state index < -0.39 is 34.8 Å². The summed E-state index contributed by atoms with van der Waals surface area (Å²) in [5.41, 5.74) is 1.82. The normalized spacial score (nSPS) is 19.0. The number of rotatable bonds is 10. The molecule has 16 heteroatoms. The molecule has 2 fully saturated rings. The molecule has 1 aliphatic carbocycles. The van der Waals surface area contributed by atoms with E-state index in [-0.39, 0.29) is 36.0 Å². The zero-order chi connectivity index (χ0) is 39.7. The van der Waals surface area contributed by atoms with Gasteiger partial charge in [-0.1, -0.05) is 24.3 Å². The lowest BCUT2D eigenvalue weighted by Crippen LogP contribution is -2.56. The average Bonchev–Trinajstić information content (AvgIpc) is 3.48. The van der Waals surface area contributed by atoms with Crippen molar-refractivity contribution in [2.24, 2.45) is 26.6 Å². The Morgan fingerprint density at radius 2 is 1.68 bits per heavy atom. The number of hydrogen-bond acceptors (Lipinski definition) is 7. The van der Waals surface area contributed by atoms with E-state index in [0.29, 0.717) is 30.6 Å². The van der Waals surface area contributed by atoms with Gasteiger partial charge in [0, 0.05) is 81.5 Å². The second-order valence-electron chi connectivity index (χ2n) is 15.8. The lowest BCUT2D eigenvalue weighted by molar-refractivity contribution is -0.141. The largest absolute Gasteiger partial charge is 0.435 e. The van der Waals surface area contributed by atoms with E-state index in [9.17, 15) is 27.6 Å². The van der Waals surface area contributed by atoms with Gasteiger partial charge in [0.05, 0.1) is 29.4 Å². The summed E-state index contributed by atoms with van der Waals surface area (Å²) in [7, 11) is 5.14. The Bertz CT molecular complexity index is 2550. The molecule has 6 aromatic rings. The number of aromatic nitrogens is 8. The first kappa shape index (κ1) is 36.9. The van der Waals surface area contributed by atoms with Crippen LogP contribution in [0.1, 0.15) is 49.4 Å². The molecule has 2 amide bonds. The third-order valence-electron chi connectivity index (χ3n) is 11.0. The van der Waals surface area contributed by atoms with Crippen molar-refractivity contribution in [3.63, 3.8) is 0 Å². The van der Waals surface area contributed by atoms with Gasteiger partial charge in [0.25, 0.3) is 0 Å². The molecule has 1 N–H and O–H groups in total. The Morgan fingerprint density at radius 1 is 0.929 bits per heavy atom. The van der Waals surface area contributed by atoms with E-state index >= 15 is 0 Å². The summed E-state index contributed by atoms with van der Waals surface area (Å²) < 4.78 is 47.5. The van der Waals surface area contributed by atoms with Crippen molar-refractivity contribution in [2.45, 2.75) is 63.3 Å². The summed E-state index contributed by atoms with van der Waals surface area (Å²) >= 11 is 0. The number of aryl methyl sites for hydroxylation is 3. The van der Waals surface area contributed by atoms with Crippen molar-refractivity contribution in [1.29, 1.82) is 0 Å². The third kappa shape index (κ3) is 6.88. The molecule has 0 bridgehead atoms. The summed E-state index contributed by atoms with van der Waals surface area (Å²) in [5, 5.41) is 16.5. The van der Waals surface area contributed by atoms with Crippen molar-refractivity contribution in [3.8, 4) is 22.4 Å². The van der Waals surface area contributed by atoms with Gasteiger partial charge in [0.2, 0.25) is 17.4 Å². The molecule has 3 atom stereocenters. The van der Waals surface area contributed by atoms with Gasteiger partial charge < -0.3 is 14.8 Å². The minimum atomic E-state index is -4.72. The second-order valence-corrected chi connectivity index (χ2v) is 15.8. The topological polar surface area (TPSA) is 138 Å². The molecule has 6 heterocycles. The average molecular weight is 767 g/mol. The summed E-state index contributed by atoms with van der Waals surface area (Å²) in [5.74, 6) is -0.513. The monoisotopic (exact) mass is 766 g/mol. The quantitative estimate of drug-likeness (QED) is 0.210. The van der Waals surface area contributed by atoms with Gasteiger partial charge in [0.15, 0.2) is 11.3 Å². The number of fused-ring (bicyclic) bond motifs is 1. The summed E-state index contributed by atoms with van der Waals surface area (Å²) in [4.78, 5) is 46.9. The first-order valence-corrected chi connectivity index (χ1v) is 18.3. The minimum absolute atomic E-state index is 0.00469. The van der Waals surface area contributed by atoms with E-state index in [2.05, 4.69) is 43.8 Å². The zero-order valence-corrected chi connectivity index (χ0v) is 31.6. The zero-order valence-electron chi connectivity index (χ0n) is 31.6. The fraction of sp³-hybridized carbons (Fsp3) is 0.375. The van der Waals surface area contributed by atoms with Crippen LogP contribution in [0.25, 0.3) is 33.4 Å². The fourth-order valence-corrected chi connectivity index (χ4v) is 8.09. The number of hydrogen-bond donors (Lipinski definition) is 1. The highest BCUT2D eigenvalue weighted by molar-refractivity contribution is 5.94. The lowest BCUT2D eigenvalue weighted by Gasteiger charge is -2.33. The molecule has 0 radical (unpaired) electrons. The highest BCUT2D eigenvalue weighted by atomic mass is 19.4. The van der Waals surface area contributed by atoms with Gasteiger partial charge in [-0.3, -0.25) is 28.4 Å². The van der Waals surface area contributed by atoms with Gasteiger partial charge in [-0.05, 0) is 67.5 Å². The van der Waals surface area contributed by atoms with E-state index in [0.717, 1.165) is 33.7 Å². The van der Waals surface area contributed by atoms with Crippen LogP contribution in [-0.4, -0.2) is 73.7 Å². The van der Waals surface area contributed by atoms with Crippen LogP contribution in [0.3, 0.4) is 0 Å². The Labute approximate surface area is 319 Å². The Balaban J connectivity index is 1.02. The number of benzene rings is 1. The standard InChI is InChI=1S/C40H41F3N10O3/c1-38(2,23-53-31(16-33(47-53)40(41,42)43)27-10-11-34(54)49(3)21-27)46-36(55)32(14-24-18-45-50(4)20-24)52-13-12-39(37(52)56)17-30(39)26-8-6-25(7-9-26)28-15-29-22-51(5)48-35(29)44-19-28/h6-11,15-16,18-22,30,32H,12-14,17,23H2,1-5H3,(H,46,55)/t30-,32-,39+/m1/s1. The first-order valence-electron chi connectivity index (χ1n) is 18.3. The molecule has 290 valence electrons. The smallest absolute Gasteiger partial charge is 0.348 e. The van der Waals surface area contributed by atoms with Crippen molar-refractivity contribution in [1.82, 2.24) is 49.1 Å². The fourth-order valence-electron chi connectivity index (χ4n) is 8.09. The molecule has 1 aromatic carbocycles. The Kier molecular flexibility index (Phi) is 8.77. The van der Waals surface area contributed by atoms with Gasteiger partial charge in [-0.25, -0.2) is 4.98 Å². The van der Waals surface area contributed by atoms with Crippen molar-refractivity contribution in [3.05, 3.63) is 107 Å². The predicted octanol–water partition coefficient (Wildman–Crippen LogP) is 4.86. The van der Waals surface area contributed by atoms with Gasteiger partial charge in [-0.2, -0.15) is 28.5 Å². The van der Waals surface area contributed by atoms with Gasteiger partial charge in [-0.15, -0.1) is 0 Å². The summed E-state index contributed by atoms with van der Waals surface area (Å²) in [6.45, 7) is 3.65. The number of amides is 2. The maximum absolute atomic E-state index is 14.4. The summed E-state index contributed by atoms with van der Waals surface area (Å²) in [6.07, 6.45) is 5.38. The molecule has 0 unspecified atom stereocenters. The van der Waals surface area contributed by atoms with Crippen LogP contribution in [0.5, 0.6) is 0 Å². The number of carbonyl (C=O) groups excluding carboxylic acids is 2. The van der Waals surface area contributed by atoms with Gasteiger partial charge >= 0.3 is 6.18 Å². The number of pyridine rings is 2.